The molecule has 1 fully saturated rings. The lowest BCUT2D eigenvalue weighted by molar-refractivity contribution is -0.138. The van der Waals surface area contributed by atoms with E-state index in [1.54, 1.807) is 0 Å². The van der Waals surface area contributed by atoms with Crippen molar-refractivity contribution in [3.8, 4) is 0 Å². The molecule has 1 heterocycles. The van der Waals surface area contributed by atoms with Crippen LogP contribution in [-0.4, -0.2) is 77.9 Å². The van der Waals surface area contributed by atoms with Gasteiger partial charge in [0.25, 0.3) is 0 Å². The maximum absolute atomic E-state index is 12.5. The van der Waals surface area contributed by atoms with Crippen LogP contribution in [0.2, 0.25) is 0 Å². The predicted molar refractivity (Wildman–Crippen MR) is 122 cm³/mol. The number of carboxylic acid groups (broad SMARTS) is 2. The Morgan fingerprint density at radius 1 is 1.03 bits per heavy atom. The third kappa shape index (κ3) is 9.62. The number of aliphatic carboxylic acids is 2. The number of nitrogens with two attached hydrogens (primary N) is 2. The normalized spacial score (nSPS) is 22.9. The van der Waals surface area contributed by atoms with Crippen LogP contribution in [0.1, 0.15) is 58.3 Å². The first-order valence-electron chi connectivity index (χ1n) is 11.5. The van der Waals surface area contributed by atoms with Gasteiger partial charge in [-0.05, 0) is 38.1 Å². The fourth-order valence-corrected chi connectivity index (χ4v) is 4.13. The van der Waals surface area contributed by atoms with Gasteiger partial charge in [-0.3, -0.25) is 24.5 Å². The molecule has 0 aromatic carbocycles. The van der Waals surface area contributed by atoms with E-state index in [2.05, 4.69) is 21.3 Å². The Morgan fingerprint density at radius 3 is 2.15 bits per heavy atom. The highest BCUT2D eigenvalue weighted by Gasteiger charge is 2.40. The van der Waals surface area contributed by atoms with Gasteiger partial charge in [-0.1, -0.05) is 6.92 Å². The van der Waals surface area contributed by atoms with Crippen LogP contribution in [-0.2, 0) is 19.2 Å². The number of carbonyl (C=O) groups excluding carboxylic acids is 2. The van der Waals surface area contributed by atoms with E-state index in [4.69, 9.17) is 21.7 Å². The van der Waals surface area contributed by atoms with E-state index in [0.29, 0.717) is 26.1 Å². The van der Waals surface area contributed by atoms with Crippen LogP contribution in [0.25, 0.3) is 0 Å². The standard InChI is InChI=1S/C21H40N6O6/c1-2-20(12-22,26-16(28)5-3-7-18(30)31)15-9-10-24-14-21(13-23,25-11-15)27-17(29)6-4-8-19(32)33/h15,24-25H,2-14,22-23H2,1H3,(H,26,28)(H,27,29)(H,30,31)(H,32,33). The van der Waals surface area contributed by atoms with Gasteiger partial charge < -0.3 is 37.6 Å². The van der Waals surface area contributed by atoms with Crippen LogP contribution >= 0.6 is 0 Å². The van der Waals surface area contributed by atoms with E-state index in [0.717, 1.165) is 6.42 Å². The van der Waals surface area contributed by atoms with E-state index >= 15 is 0 Å². The molecule has 0 aromatic rings. The Bertz CT molecular complexity index is 672. The van der Waals surface area contributed by atoms with Crippen LogP contribution in [0.5, 0.6) is 0 Å². The van der Waals surface area contributed by atoms with Crippen LogP contribution in [0, 0.1) is 5.92 Å². The molecule has 0 radical (unpaired) electrons. The monoisotopic (exact) mass is 472 g/mol. The highest BCUT2D eigenvalue weighted by Crippen LogP contribution is 2.25. The highest BCUT2D eigenvalue weighted by atomic mass is 16.4. The van der Waals surface area contributed by atoms with Crippen molar-refractivity contribution in [1.82, 2.24) is 21.3 Å². The molecule has 12 heteroatoms. The molecule has 3 unspecified atom stereocenters. The molecule has 1 aliphatic heterocycles. The van der Waals surface area contributed by atoms with Crippen LogP contribution < -0.4 is 32.7 Å². The van der Waals surface area contributed by atoms with Crippen LogP contribution in [0.3, 0.4) is 0 Å². The van der Waals surface area contributed by atoms with Crippen molar-refractivity contribution in [2.75, 3.05) is 32.7 Å². The maximum Gasteiger partial charge on any atom is 0.303 e. The highest BCUT2D eigenvalue weighted by molar-refractivity contribution is 5.78. The molecule has 190 valence electrons. The first-order valence-corrected chi connectivity index (χ1v) is 11.5. The molecular formula is C21H40N6O6. The summed E-state index contributed by atoms with van der Waals surface area (Å²) in [6.45, 7) is 3.72. The van der Waals surface area contributed by atoms with Crippen molar-refractivity contribution >= 4 is 23.8 Å². The largest absolute Gasteiger partial charge is 0.481 e. The third-order valence-electron chi connectivity index (χ3n) is 6.26. The summed E-state index contributed by atoms with van der Waals surface area (Å²) in [6, 6.07) is 0. The second kappa shape index (κ2) is 14.1. The SMILES string of the molecule is CCC(CN)(NC(=O)CCCC(=O)O)C1CCNCC(CN)(NC(=O)CCCC(=O)O)NC1. The lowest BCUT2D eigenvalue weighted by Crippen LogP contribution is -2.71. The summed E-state index contributed by atoms with van der Waals surface area (Å²) in [5.41, 5.74) is 10.5. The van der Waals surface area contributed by atoms with E-state index in [9.17, 15) is 19.2 Å². The molecule has 1 saturated heterocycles. The average Bonchev–Trinajstić information content (AvgIpc) is 2.74. The summed E-state index contributed by atoms with van der Waals surface area (Å²) in [5, 5.41) is 30.1. The van der Waals surface area contributed by atoms with Gasteiger partial charge in [0, 0.05) is 51.9 Å². The molecule has 1 aliphatic rings. The number of rotatable bonds is 14. The lowest BCUT2D eigenvalue weighted by atomic mass is 9.78. The Balaban J connectivity index is 2.85. The Labute approximate surface area is 194 Å². The molecule has 12 nitrogen and oxygen atoms in total. The summed E-state index contributed by atoms with van der Waals surface area (Å²) >= 11 is 0. The minimum absolute atomic E-state index is 0.0708. The van der Waals surface area contributed by atoms with Crippen molar-refractivity contribution in [2.45, 2.75) is 69.5 Å². The van der Waals surface area contributed by atoms with Crippen molar-refractivity contribution < 1.29 is 29.4 Å². The molecule has 0 aromatic heterocycles. The maximum atomic E-state index is 12.5. The van der Waals surface area contributed by atoms with Crippen molar-refractivity contribution in [3.63, 3.8) is 0 Å². The molecule has 3 atom stereocenters. The molecule has 0 saturated carbocycles. The van der Waals surface area contributed by atoms with Gasteiger partial charge in [-0.15, -0.1) is 0 Å². The Morgan fingerprint density at radius 2 is 1.64 bits per heavy atom. The quantitative estimate of drug-likeness (QED) is 0.150. The fourth-order valence-electron chi connectivity index (χ4n) is 4.13. The number of nitrogens with one attached hydrogen (secondary N) is 4. The van der Waals surface area contributed by atoms with Crippen molar-refractivity contribution in [2.24, 2.45) is 17.4 Å². The number of carbonyl (C=O) groups is 4. The average molecular weight is 473 g/mol. The molecule has 2 amide bonds. The summed E-state index contributed by atoms with van der Waals surface area (Å²) < 4.78 is 0. The predicted octanol–water partition coefficient (Wildman–Crippen LogP) is -1.31. The summed E-state index contributed by atoms with van der Waals surface area (Å²) in [4.78, 5) is 46.3. The van der Waals surface area contributed by atoms with E-state index in [-0.39, 0.29) is 69.3 Å². The summed E-state index contributed by atoms with van der Waals surface area (Å²) in [6.07, 6.45) is 1.81. The number of hydrogen-bond acceptors (Lipinski definition) is 8. The van der Waals surface area contributed by atoms with Gasteiger partial charge in [0.15, 0.2) is 0 Å². The van der Waals surface area contributed by atoms with Gasteiger partial charge in [0.1, 0.15) is 5.66 Å². The zero-order valence-corrected chi connectivity index (χ0v) is 19.5. The molecule has 33 heavy (non-hydrogen) atoms. The molecular weight excluding hydrogens is 432 g/mol. The van der Waals surface area contributed by atoms with Gasteiger partial charge in [-0.25, -0.2) is 0 Å². The topological polar surface area (TPSA) is 209 Å². The van der Waals surface area contributed by atoms with Crippen LogP contribution in [0.15, 0.2) is 0 Å². The Kier molecular flexibility index (Phi) is 12.3. The first kappa shape index (κ1) is 28.8. The Hall–Kier alpha value is -2.28. The minimum Gasteiger partial charge on any atom is -0.481 e. The summed E-state index contributed by atoms with van der Waals surface area (Å²) in [7, 11) is 0. The van der Waals surface area contributed by atoms with Crippen molar-refractivity contribution in [3.05, 3.63) is 0 Å². The van der Waals surface area contributed by atoms with Gasteiger partial charge in [-0.2, -0.15) is 0 Å². The van der Waals surface area contributed by atoms with Gasteiger partial charge >= 0.3 is 11.9 Å². The molecule has 0 bridgehead atoms. The number of hydrogen-bond donors (Lipinski definition) is 8. The molecule has 0 aliphatic carbocycles. The third-order valence-corrected chi connectivity index (χ3v) is 6.26. The molecule has 10 N–H and O–H groups in total. The van der Waals surface area contributed by atoms with Crippen molar-refractivity contribution in [1.29, 1.82) is 0 Å². The van der Waals surface area contributed by atoms with Gasteiger partial charge in [0.2, 0.25) is 11.8 Å². The second-order valence-corrected chi connectivity index (χ2v) is 8.63. The lowest BCUT2D eigenvalue weighted by Gasteiger charge is -2.45. The van der Waals surface area contributed by atoms with E-state index < -0.39 is 23.1 Å². The zero-order chi connectivity index (χ0) is 24.9. The first-order chi connectivity index (χ1) is 15.6. The smallest absolute Gasteiger partial charge is 0.303 e. The van der Waals surface area contributed by atoms with Crippen LogP contribution in [0.4, 0.5) is 0 Å². The van der Waals surface area contributed by atoms with E-state index in [1.165, 1.54) is 0 Å². The number of carboxylic acids is 2. The van der Waals surface area contributed by atoms with E-state index in [1.807, 2.05) is 6.92 Å². The minimum atomic E-state index is -0.951. The molecule has 1 rings (SSSR count). The fraction of sp³-hybridized carbons (Fsp3) is 0.810. The second-order valence-electron chi connectivity index (χ2n) is 8.63. The zero-order valence-electron chi connectivity index (χ0n) is 19.5. The number of amides is 2. The molecule has 0 spiro atoms. The van der Waals surface area contributed by atoms with Gasteiger partial charge in [0.05, 0.1) is 5.54 Å². The summed E-state index contributed by atoms with van der Waals surface area (Å²) in [5.74, 6) is -2.50.